The average Bonchev–Trinajstić information content (AvgIpc) is 2.69. The van der Waals surface area contributed by atoms with Gasteiger partial charge in [0.2, 0.25) is 11.9 Å². The van der Waals surface area contributed by atoms with Crippen molar-refractivity contribution in [3.05, 3.63) is 45.7 Å². The Morgan fingerprint density at radius 1 is 1.10 bits per heavy atom. The number of carbonyl (C=O) groups is 2. The molecule has 2 aromatic rings. The number of primary amides is 1. The van der Waals surface area contributed by atoms with Gasteiger partial charge in [0, 0.05) is 36.1 Å². The summed E-state index contributed by atoms with van der Waals surface area (Å²) < 4.78 is 0. The summed E-state index contributed by atoms with van der Waals surface area (Å²) in [6.07, 6.45) is 1.14. The molecule has 0 aliphatic carbocycles. The first-order chi connectivity index (χ1) is 14.7. The van der Waals surface area contributed by atoms with Crippen LogP contribution in [0, 0.1) is 19.8 Å². The maximum atomic E-state index is 12.6. The zero-order chi connectivity index (χ0) is 22.5. The number of nitrogens with two attached hydrogens (primary N) is 1. The van der Waals surface area contributed by atoms with Crippen molar-refractivity contribution < 1.29 is 9.59 Å². The zero-order valence-electron chi connectivity index (χ0n) is 17.2. The Morgan fingerprint density at radius 3 is 2.32 bits per heavy atom. The molecule has 0 spiro atoms. The van der Waals surface area contributed by atoms with Crippen LogP contribution in [0.2, 0.25) is 10.0 Å². The second kappa shape index (κ2) is 9.93. The maximum Gasteiger partial charge on any atom is 0.326 e. The second-order valence-corrected chi connectivity index (χ2v) is 8.07. The van der Waals surface area contributed by atoms with Crippen LogP contribution in [0.1, 0.15) is 24.2 Å². The molecule has 0 atom stereocenters. The summed E-state index contributed by atoms with van der Waals surface area (Å²) in [7, 11) is 0. The van der Waals surface area contributed by atoms with Gasteiger partial charge in [0.05, 0.1) is 10.0 Å². The van der Waals surface area contributed by atoms with Crippen LogP contribution in [0.5, 0.6) is 0 Å². The van der Waals surface area contributed by atoms with Gasteiger partial charge in [0.15, 0.2) is 0 Å². The molecule has 164 valence electrons. The van der Waals surface area contributed by atoms with E-state index >= 15 is 0 Å². The summed E-state index contributed by atoms with van der Waals surface area (Å²) in [5.41, 5.74) is 7.43. The molecule has 3 rings (SSSR count). The van der Waals surface area contributed by atoms with Gasteiger partial charge in [-0.15, -0.1) is 0 Å². The van der Waals surface area contributed by atoms with Crippen molar-refractivity contribution in [2.75, 3.05) is 18.4 Å². The molecule has 2 heterocycles. The van der Waals surface area contributed by atoms with Gasteiger partial charge in [-0.05, 0) is 51.0 Å². The van der Waals surface area contributed by atoms with E-state index in [0.29, 0.717) is 41.7 Å². The quantitative estimate of drug-likeness (QED) is 0.474. The van der Waals surface area contributed by atoms with Crippen LogP contribution in [0.15, 0.2) is 29.3 Å². The molecule has 4 N–H and O–H groups in total. The molecule has 1 fully saturated rings. The largest absolute Gasteiger partial charge is 0.369 e. The molecule has 0 radical (unpaired) electrons. The summed E-state index contributed by atoms with van der Waals surface area (Å²) >= 11 is 11.9. The van der Waals surface area contributed by atoms with Crippen molar-refractivity contribution >= 4 is 52.7 Å². The van der Waals surface area contributed by atoms with E-state index in [9.17, 15) is 9.59 Å². The van der Waals surface area contributed by atoms with Crippen molar-refractivity contribution in [2.24, 2.45) is 16.6 Å². The molecular formula is C20H23Cl2N7O2. The third kappa shape index (κ3) is 6.28. The number of nitrogens with one attached hydrogen (secondary N) is 2. The number of piperidine rings is 1. The number of guanidine groups is 1. The zero-order valence-corrected chi connectivity index (χ0v) is 18.7. The molecule has 9 nitrogen and oxygen atoms in total. The van der Waals surface area contributed by atoms with E-state index in [1.807, 2.05) is 24.8 Å². The standard InChI is InChI=1S/C20H23Cl2N7O2/c1-11-9-12(2)25-18(24-11)27-19(29-7-5-13(6-8-29)17(23)30)28-20(31)26-14-3-4-15(21)16(22)10-14/h3-4,9-10,13H,5-8H2,1-2H3,(H2,23,30)(H2,24,25,26,27,28,31). The van der Waals surface area contributed by atoms with Gasteiger partial charge >= 0.3 is 6.03 Å². The number of benzene rings is 1. The van der Waals surface area contributed by atoms with Gasteiger partial charge in [-0.1, -0.05) is 23.2 Å². The van der Waals surface area contributed by atoms with E-state index in [-0.39, 0.29) is 23.7 Å². The topological polar surface area (TPSA) is 126 Å². The van der Waals surface area contributed by atoms with Gasteiger partial charge in [0.1, 0.15) is 0 Å². The summed E-state index contributed by atoms with van der Waals surface area (Å²) in [6, 6.07) is 6.09. The normalized spacial score (nSPS) is 15.0. The Hall–Kier alpha value is -2.91. The number of likely N-dealkylation sites (tertiary alicyclic amines) is 1. The van der Waals surface area contributed by atoms with Gasteiger partial charge in [-0.25, -0.2) is 14.8 Å². The summed E-state index contributed by atoms with van der Waals surface area (Å²) in [5, 5.41) is 6.17. The molecule has 3 amide bonds. The first-order valence-corrected chi connectivity index (χ1v) is 10.4. The van der Waals surface area contributed by atoms with Crippen molar-refractivity contribution in [3.8, 4) is 0 Å². The first kappa shape index (κ1) is 22.8. The number of anilines is 1. The van der Waals surface area contributed by atoms with Gasteiger partial charge in [-0.2, -0.15) is 4.99 Å². The van der Waals surface area contributed by atoms with Crippen molar-refractivity contribution in [3.63, 3.8) is 0 Å². The molecule has 0 saturated carbocycles. The number of nitrogens with zero attached hydrogens (tertiary/aromatic N) is 4. The van der Waals surface area contributed by atoms with Crippen LogP contribution in [-0.4, -0.2) is 45.9 Å². The Balaban J connectivity index is 1.81. The van der Waals surface area contributed by atoms with Crippen LogP contribution in [-0.2, 0) is 4.79 Å². The lowest BCUT2D eigenvalue weighted by atomic mass is 9.96. The van der Waals surface area contributed by atoms with E-state index in [2.05, 4.69) is 25.6 Å². The van der Waals surface area contributed by atoms with Crippen molar-refractivity contribution in [1.82, 2.24) is 20.2 Å². The molecule has 1 aromatic carbocycles. The lowest BCUT2D eigenvalue weighted by molar-refractivity contribution is -0.122. The molecule has 1 aliphatic rings. The molecule has 31 heavy (non-hydrogen) atoms. The van der Waals surface area contributed by atoms with Crippen LogP contribution >= 0.6 is 23.2 Å². The molecule has 1 aliphatic heterocycles. The van der Waals surface area contributed by atoms with E-state index in [4.69, 9.17) is 28.9 Å². The smallest absolute Gasteiger partial charge is 0.326 e. The highest BCUT2D eigenvalue weighted by Crippen LogP contribution is 2.25. The molecule has 0 bridgehead atoms. The van der Waals surface area contributed by atoms with Crippen LogP contribution in [0.25, 0.3) is 0 Å². The minimum absolute atomic E-state index is 0.194. The van der Waals surface area contributed by atoms with E-state index in [1.165, 1.54) is 0 Å². The SMILES string of the molecule is Cc1cc(C)nc(/N=C(\NC(=O)Nc2ccc(Cl)c(Cl)c2)N2CCC(C(N)=O)CC2)n1. The summed E-state index contributed by atoms with van der Waals surface area (Å²) in [4.78, 5) is 39.1. The second-order valence-electron chi connectivity index (χ2n) is 7.26. The molecule has 1 aromatic heterocycles. The fourth-order valence-corrected chi connectivity index (χ4v) is 3.54. The van der Waals surface area contributed by atoms with Gasteiger partial charge in [0.25, 0.3) is 5.95 Å². The van der Waals surface area contributed by atoms with Gasteiger partial charge < -0.3 is 16.0 Å². The van der Waals surface area contributed by atoms with E-state index in [0.717, 1.165) is 11.4 Å². The Labute approximate surface area is 190 Å². The predicted octanol–water partition coefficient (Wildman–Crippen LogP) is 3.41. The number of amides is 3. The van der Waals surface area contributed by atoms with Gasteiger partial charge in [-0.3, -0.25) is 10.1 Å². The monoisotopic (exact) mass is 463 g/mol. The Bertz CT molecular complexity index is 1000. The lowest BCUT2D eigenvalue weighted by Gasteiger charge is -2.32. The van der Waals surface area contributed by atoms with Crippen LogP contribution in [0.4, 0.5) is 16.4 Å². The molecule has 1 saturated heterocycles. The van der Waals surface area contributed by atoms with E-state index < -0.39 is 6.03 Å². The lowest BCUT2D eigenvalue weighted by Crippen LogP contribution is -2.49. The fourth-order valence-electron chi connectivity index (χ4n) is 3.24. The van der Waals surface area contributed by atoms with Crippen molar-refractivity contribution in [1.29, 1.82) is 0 Å². The van der Waals surface area contributed by atoms with Crippen LogP contribution < -0.4 is 16.4 Å². The van der Waals surface area contributed by atoms with Crippen molar-refractivity contribution in [2.45, 2.75) is 26.7 Å². The molecule has 0 unspecified atom stereocenters. The third-order valence-electron chi connectivity index (χ3n) is 4.78. The Morgan fingerprint density at radius 2 is 1.74 bits per heavy atom. The molecular weight excluding hydrogens is 441 g/mol. The number of rotatable bonds is 3. The van der Waals surface area contributed by atoms with E-state index in [1.54, 1.807) is 18.2 Å². The number of aryl methyl sites for hydroxylation is 2. The predicted molar refractivity (Wildman–Crippen MR) is 121 cm³/mol. The highest BCUT2D eigenvalue weighted by molar-refractivity contribution is 6.42. The van der Waals surface area contributed by atoms with Crippen LogP contribution in [0.3, 0.4) is 0 Å². The minimum Gasteiger partial charge on any atom is -0.369 e. The third-order valence-corrected chi connectivity index (χ3v) is 5.52. The number of aromatic nitrogens is 2. The summed E-state index contributed by atoms with van der Waals surface area (Å²) in [5.74, 6) is 0.00550. The number of hydrogen-bond acceptors (Lipinski definition) is 5. The number of aliphatic imine (C=N–C) groups is 1. The highest BCUT2D eigenvalue weighted by atomic mass is 35.5. The Kier molecular flexibility index (Phi) is 7.29. The fraction of sp³-hybridized carbons (Fsp3) is 0.350. The summed E-state index contributed by atoms with van der Waals surface area (Å²) in [6.45, 7) is 4.70. The highest BCUT2D eigenvalue weighted by Gasteiger charge is 2.26. The first-order valence-electron chi connectivity index (χ1n) is 9.69. The number of carbonyl (C=O) groups excluding carboxylic acids is 2. The molecule has 11 heteroatoms. The maximum absolute atomic E-state index is 12.6. The average molecular weight is 464 g/mol. The number of hydrogen-bond donors (Lipinski definition) is 3. The minimum atomic E-state index is -0.515. The number of urea groups is 1. The number of halogens is 2.